The minimum atomic E-state index is 0.0967. The van der Waals surface area contributed by atoms with Crippen molar-refractivity contribution in [3.8, 4) is 0 Å². The van der Waals surface area contributed by atoms with Gasteiger partial charge in [0.1, 0.15) is 0 Å². The van der Waals surface area contributed by atoms with Crippen LogP contribution in [0, 0.1) is 0 Å². The molecule has 2 fully saturated rings. The highest BCUT2D eigenvalue weighted by Crippen LogP contribution is 2.40. The van der Waals surface area contributed by atoms with E-state index in [1.807, 2.05) is 0 Å². The molecule has 5 nitrogen and oxygen atoms in total. The summed E-state index contributed by atoms with van der Waals surface area (Å²) in [5.74, 6) is 0.294. The maximum Gasteiger partial charge on any atom is 0.153 e. The average Bonchev–Trinajstić information content (AvgIpc) is 2.45. The normalized spacial score (nSPS) is 27.4. The fourth-order valence-electron chi connectivity index (χ4n) is 3.78. The standard InChI is InChI=1S/C15H29N3O2/c1-12(2)18(11-14(16)17-19)13-6-9-20-15(10-13)7-4-3-5-8-15/h12-13,19H,3-11H2,1-2H3,(H2,16,17). The molecule has 3 N–H and O–H groups in total. The van der Waals surface area contributed by atoms with E-state index in [9.17, 15) is 0 Å². The highest BCUT2D eigenvalue weighted by molar-refractivity contribution is 5.81. The van der Waals surface area contributed by atoms with Gasteiger partial charge in [-0.2, -0.15) is 0 Å². The largest absolute Gasteiger partial charge is 0.409 e. The Labute approximate surface area is 122 Å². The molecule has 20 heavy (non-hydrogen) atoms. The Hall–Kier alpha value is -0.810. The molecule has 0 aromatic heterocycles. The molecule has 0 aromatic carbocycles. The van der Waals surface area contributed by atoms with Crippen molar-refractivity contribution in [2.75, 3.05) is 13.2 Å². The van der Waals surface area contributed by atoms with Crippen molar-refractivity contribution in [3.05, 3.63) is 0 Å². The second-order valence-electron chi connectivity index (χ2n) is 6.60. The number of hydrogen-bond donors (Lipinski definition) is 2. The van der Waals surface area contributed by atoms with Gasteiger partial charge < -0.3 is 15.7 Å². The van der Waals surface area contributed by atoms with Crippen molar-refractivity contribution < 1.29 is 9.94 Å². The third kappa shape index (κ3) is 3.64. The molecule has 1 heterocycles. The number of amidine groups is 1. The van der Waals surface area contributed by atoms with Crippen LogP contribution in [0.5, 0.6) is 0 Å². The highest BCUT2D eigenvalue weighted by Gasteiger charge is 2.40. The smallest absolute Gasteiger partial charge is 0.153 e. The summed E-state index contributed by atoms with van der Waals surface area (Å²) >= 11 is 0. The van der Waals surface area contributed by atoms with Gasteiger partial charge in [0, 0.05) is 18.7 Å². The van der Waals surface area contributed by atoms with Crippen molar-refractivity contribution in [2.24, 2.45) is 10.9 Å². The molecule has 1 unspecified atom stereocenters. The Kier molecular flexibility index (Phi) is 5.27. The molecule has 1 aliphatic heterocycles. The molecule has 1 saturated carbocycles. The molecule has 1 saturated heterocycles. The predicted molar refractivity (Wildman–Crippen MR) is 80.0 cm³/mol. The van der Waals surface area contributed by atoms with E-state index in [4.69, 9.17) is 15.7 Å². The zero-order chi connectivity index (χ0) is 14.6. The van der Waals surface area contributed by atoms with E-state index in [0.29, 0.717) is 24.5 Å². The van der Waals surface area contributed by atoms with E-state index in [1.165, 1.54) is 32.1 Å². The van der Waals surface area contributed by atoms with Crippen molar-refractivity contribution in [2.45, 2.75) is 76.5 Å². The van der Waals surface area contributed by atoms with Gasteiger partial charge in [0.05, 0.1) is 12.1 Å². The van der Waals surface area contributed by atoms with E-state index >= 15 is 0 Å². The number of oxime groups is 1. The van der Waals surface area contributed by atoms with E-state index < -0.39 is 0 Å². The van der Waals surface area contributed by atoms with Crippen LogP contribution in [0.25, 0.3) is 0 Å². The zero-order valence-corrected chi connectivity index (χ0v) is 12.8. The lowest BCUT2D eigenvalue weighted by Crippen LogP contribution is -2.53. The van der Waals surface area contributed by atoms with Crippen molar-refractivity contribution in [3.63, 3.8) is 0 Å². The van der Waals surface area contributed by atoms with Gasteiger partial charge in [-0.15, -0.1) is 0 Å². The molecular weight excluding hydrogens is 254 g/mol. The maximum absolute atomic E-state index is 8.82. The van der Waals surface area contributed by atoms with Gasteiger partial charge >= 0.3 is 0 Å². The molecule has 1 atom stereocenters. The first kappa shape index (κ1) is 15.6. The van der Waals surface area contributed by atoms with Gasteiger partial charge in [0.2, 0.25) is 0 Å². The van der Waals surface area contributed by atoms with Crippen LogP contribution in [0.1, 0.15) is 58.8 Å². The minimum Gasteiger partial charge on any atom is -0.409 e. The van der Waals surface area contributed by atoms with E-state index in [2.05, 4.69) is 23.9 Å². The van der Waals surface area contributed by atoms with Crippen molar-refractivity contribution in [1.82, 2.24) is 4.90 Å². The van der Waals surface area contributed by atoms with Crippen molar-refractivity contribution >= 4 is 5.84 Å². The first-order chi connectivity index (χ1) is 9.56. The third-order valence-corrected chi connectivity index (χ3v) is 4.84. The van der Waals surface area contributed by atoms with Crippen LogP contribution >= 0.6 is 0 Å². The first-order valence-electron chi connectivity index (χ1n) is 7.92. The third-order valence-electron chi connectivity index (χ3n) is 4.84. The molecular formula is C15H29N3O2. The minimum absolute atomic E-state index is 0.0967. The van der Waals surface area contributed by atoms with Crippen LogP contribution < -0.4 is 5.73 Å². The number of hydrogen-bond acceptors (Lipinski definition) is 4. The van der Waals surface area contributed by atoms with Crippen LogP contribution in [0.3, 0.4) is 0 Å². The number of rotatable bonds is 4. The SMILES string of the molecule is CC(C)N(CC(N)=NO)C1CCOC2(CCCCC2)C1. The van der Waals surface area contributed by atoms with Crippen molar-refractivity contribution in [1.29, 1.82) is 0 Å². The molecule has 0 aromatic rings. The van der Waals surface area contributed by atoms with Gasteiger partial charge in [0.25, 0.3) is 0 Å². The molecule has 2 aliphatic rings. The second kappa shape index (κ2) is 6.76. The molecule has 116 valence electrons. The Bertz CT molecular complexity index is 333. The Morgan fingerprint density at radius 1 is 1.40 bits per heavy atom. The van der Waals surface area contributed by atoms with Crippen LogP contribution in [0.4, 0.5) is 0 Å². The Morgan fingerprint density at radius 3 is 2.70 bits per heavy atom. The van der Waals surface area contributed by atoms with Crippen LogP contribution in [0.2, 0.25) is 0 Å². The fourth-order valence-corrected chi connectivity index (χ4v) is 3.78. The number of ether oxygens (including phenoxy) is 1. The van der Waals surface area contributed by atoms with Gasteiger partial charge in [-0.1, -0.05) is 24.4 Å². The average molecular weight is 283 g/mol. The predicted octanol–water partition coefficient (Wildman–Crippen LogP) is 2.33. The molecule has 0 bridgehead atoms. The zero-order valence-electron chi connectivity index (χ0n) is 12.8. The van der Waals surface area contributed by atoms with Gasteiger partial charge in [-0.25, -0.2) is 0 Å². The Balaban J connectivity index is 2.04. The van der Waals surface area contributed by atoms with Crippen LogP contribution in [-0.4, -0.2) is 46.8 Å². The lowest BCUT2D eigenvalue weighted by molar-refractivity contribution is -0.125. The molecule has 1 spiro atoms. The van der Waals surface area contributed by atoms with E-state index in [1.54, 1.807) is 0 Å². The Morgan fingerprint density at radius 2 is 2.10 bits per heavy atom. The summed E-state index contributed by atoms with van der Waals surface area (Å²) in [7, 11) is 0. The summed E-state index contributed by atoms with van der Waals surface area (Å²) in [4.78, 5) is 2.36. The summed E-state index contributed by atoms with van der Waals surface area (Å²) in [6.45, 7) is 5.72. The molecule has 2 rings (SSSR count). The van der Waals surface area contributed by atoms with Gasteiger partial charge in [0.15, 0.2) is 5.84 Å². The van der Waals surface area contributed by atoms with Gasteiger partial charge in [-0.3, -0.25) is 4.90 Å². The van der Waals surface area contributed by atoms with Gasteiger partial charge in [-0.05, 0) is 39.5 Å². The van der Waals surface area contributed by atoms with E-state index in [0.717, 1.165) is 19.4 Å². The fraction of sp³-hybridized carbons (Fsp3) is 0.933. The summed E-state index contributed by atoms with van der Waals surface area (Å²) in [5, 5.41) is 11.9. The summed E-state index contributed by atoms with van der Waals surface area (Å²) in [6, 6.07) is 0.862. The second-order valence-corrected chi connectivity index (χ2v) is 6.60. The van der Waals surface area contributed by atoms with Crippen LogP contribution in [0.15, 0.2) is 5.16 Å². The summed E-state index contributed by atoms with van der Waals surface area (Å²) in [5.41, 5.74) is 5.81. The molecule has 0 amide bonds. The number of nitrogens with zero attached hydrogens (tertiary/aromatic N) is 2. The first-order valence-corrected chi connectivity index (χ1v) is 7.92. The quantitative estimate of drug-likeness (QED) is 0.359. The number of nitrogens with two attached hydrogens (primary N) is 1. The van der Waals surface area contributed by atoms with E-state index in [-0.39, 0.29) is 5.60 Å². The lowest BCUT2D eigenvalue weighted by atomic mass is 9.77. The highest BCUT2D eigenvalue weighted by atomic mass is 16.5. The summed E-state index contributed by atoms with van der Waals surface area (Å²) in [6.07, 6.45) is 8.43. The molecule has 0 radical (unpaired) electrons. The van der Waals surface area contributed by atoms with Crippen LogP contribution in [-0.2, 0) is 4.74 Å². The maximum atomic E-state index is 8.82. The lowest BCUT2D eigenvalue weighted by Gasteiger charge is -2.47. The molecule has 1 aliphatic carbocycles. The summed E-state index contributed by atoms with van der Waals surface area (Å²) < 4.78 is 6.16. The topological polar surface area (TPSA) is 71.1 Å². The monoisotopic (exact) mass is 283 g/mol. The molecule has 5 heteroatoms.